The lowest BCUT2D eigenvalue weighted by atomic mass is 9.89. The zero-order chi connectivity index (χ0) is 31.7. The molecule has 0 radical (unpaired) electrons. The molecule has 6 heterocycles. The first kappa shape index (κ1) is 30.9. The van der Waals surface area contributed by atoms with E-state index in [9.17, 15) is 14.2 Å². The van der Waals surface area contributed by atoms with Crippen LogP contribution in [0.3, 0.4) is 0 Å². The number of benzene rings is 1. The molecule has 3 saturated heterocycles. The van der Waals surface area contributed by atoms with Gasteiger partial charge in [0.2, 0.25) is 5.95 Å². The number of halogens is 1. The Morgan fingerprint density at radius 1 is 1.33 bits per heavy atom. The Balaban J connectivity index is 1.27. The van der Waals surface area contributed by atoms with Gasteiger partial charge in [-0.2, -0.15) is 20.2 Å². The lowest BCUT2D eigenvalue weighted by molar-refractivity contribution is 0.107. The Bertz CT molecular complexity index is 1750. The number of nitrogens with zero attached hydrogens (tertiary/aromatic N) is 6. The summed E-state index contributed by atoms with van der Waals surface area (Å²) in [5, 5.41) is 14.5. The van der Waals surface area contributed by atoms with Gasteiger partial charge < -0.3 is 25.3 Å². The first-order chi connectivity index (χ1) is 21.4. The molecular formula is C31H38FN8O2PS2. The highest BCUT2D eigenvalue weighted by Crippen LogP contribution is 2.56. The van der Waals surface area contributed by atoms with Crippen LogP contribution in [0, 0.1) is 11.3 Å². The summed E-state index contributed by atoms with van der Waals surface area (Å²) < 4.78 is 33.4. The topological polar surface area (TPSA) is 133 Å². The number of anilines is 2. The van der Waals surface area contributed by atoms with Crippen molar-refractivity contribution in [1.29, 1.82) is 5.26 Å². The number of hydrogen-bond acceptors (Lipinski definition) is 12. The maximum Gasteiger partial charge on any atom is 0.321 e. The largest absolute Gasteiger partial charge is 0.461 e. The molecule has 10 nitrogen and oxygen atoms in total. The second kappa shape index (κ2) is 11.2. The van der Waals surface area contributed by atoms with E-state index in [1.54, 1.807) is 30.7 Å². The summed E-state index contributed by atoms with van der Waals surface area (Å²) in [6.07, 6.45) is 1.46. The normalized spacial score (nSPS) is 24.2. The van der Waals surface area contributed by atoms with Crippen molar-refractivity contribution in [3.05, 3.63) is 39.8 Å². The number of nitriles is 1. The highest BCUT2D eigenvalue weighted by atomic mass is 32.2. The minimum Gasteiger partial charge on any atom is -0.461 e. The molecule has 4 aliphatic heterocycles. The minimum atomic E-state index is -2.47. The van der Waals surface area contributed by atoms with Crippen LogP contribution in [0.5, 0.6) is 6.01 Å². The molecule has 3 atom stereocenters. The molecule has 238 valence electrons. The summed E-state index contributed by atoms with van der Waals surface area (Å²) in [5.41, 5.74) is 9.25. The van der Waals surface area contributed by atoms with Gasteiger partial charge in [-0.25, -0.2) is 4.39 Å². The van der Waals surface area contributed by atoms with Crippen molar-refractivity contribution in [3.8, 4) is 22.8 Å². The quantitative estimate of drug-likeness (QED) is 0.260. The van der Waals surface area contributed by atoms with Gasteiger partial charge in [-0.3, -0.25) is 4.90 Å². The van der Waals surface area contributed by atoms with Gasteiger partial charge in [0.15, 0.2) is 5.82 Å². The van der Waals surface area contributed by atoms with Crippen LogP contribution >= 0.6 is 30.2 Å². The van der Waals surface area contributed by atoms with Gasteiger partial charge in [0.25, 0.3) is 0 Å². The van der Waals surface area contributed by atoms with E-state index in [1.165, 1.54) is 4.88 Å². The number of nitrogens with two attached hydrogens (primary N) is 1. The molecule has 0 saturated carbocycles. The molecule has 2 aromatic heterocycles. The molecule has 4 aliphatic rings. The molecule has 0 bridgehead atoms. The van der Waals surface area contributed by atoms with Crippen molar-refractivity contribution >= 4 is 47.2 Å². The zero-order valence-corrected chi connectivity index (χ0v) is 28.5. The van der Waals surface area contributed by atoms with E-state index in [0.29, 0.717) is 36.0 Å². The molecule has 1 aromatic carbocycles. The summed E-state index contributed by atoms with van der Waals surface area (Å²) >= 11 is 3.47. The van der Waals surface area contributed by atoms with E-state index in [0.717, 1.165) is 59.5 Å². The summed E-state index contributed by atoms with van der Waals surface area (Å²) in [6, 6.07) is 7.96. The third-order valence-electron chi connectivity index (χ3n) is 9.92. The second-order valence-electron chi connectivity index (χ2n) is 13.2. The Morgan fingerprint density at radius 2 is 2.13 bits per heavy atom. The molecule has 3 fully saturated rings. The van der Waals surface area contributed by atoms with Crippen molar-refractivity contribution in [2.75, 3.05) is 63.8 Å². The van der Waals surface area contributed by atoms with Crippen LogP contribution < -0.4 is 26.0 Å². The van der Waals surface area contributed by atoms with Gasteiger partial charge in [0.05, 0.1) is 26.8 Å². The first-order valence-electron chi connectivity index (χ1n) is 15.3. The SMILES string of the molecule is CC(c1ccc(P(C)(C)=O)cc1N)N(C)c1nc(OC[C@@]23CCCN2C[C@H](F)C3)nc(-c2sc3c(c2C#N)C2(CNC2)SC3)n1. The summed E-state index contributed by atoms with van der Waals surface area (Å²) in [6.45, 7) is 8.73. The number of fused-ring (bicyclic) bond motifs is 3. The van der Waals surface area contributed by atoms with Crippen LogP contribution in [0.2, 0.25) is 0 Å². The molecule has 0 amide bonds. The van der Waals surface area contributed by atoms with Crippen molar-refractivity contribution in [1.82, 2.24) is 25.2 Å². The standard InChI is InChI=1S/C31H38FN8O2PS2/c1-18(21-7-6-20(10-23(21)34)43(3,4)41)39(2)28-36-27(26-22(12-33)25-24(45-26)14-44-31(25)15-35-16-31)37-29(38-28)42-17-30-8-5-9-40(30)13-19(32)11-30/h6-7,10,18-19,35H,5,8-9,11,13-17,34H2,1-4H3/t18?,19-,30+/m1/s1. The predicted octanol–water partition coefficient (Wildman–Crippen LogP) is 4.50. The zero-order valence-electron chi connectivity index (χ0n) is 26.0. The van der Waals surface area contributed by atoms with Crippen LogP contribution in [-0.4, -0.2) is 84.7 Å². The Kier molecular flexibility index (Phi) is 7.68. The Labute approximate surface area is 271 Å². The summed E-state index contributed by atoms with van der Waals surface area (Å²) in [5.74, 6) is 1.63. The van der Waals surface area contributed by atoms with Gasteiger partial charge in [0, 0.05) is 60.3 Å². The van der Waals surface area contributed by atoms with Gasteiger partial charge in [-0.05, 0) is 51.3 Å². The van der Waals surface area contributed by atoms with Gasteiger partial charge >= 0.3 is 6.01 Å². The fourth-order valence-electron chi connectivity index (χ4n) is 7.21. The van der Waals surface area contributed by atoms with E-state index < -0.39 is 13.3 Å². The molecular weight excluding hydrogens is 631 g/mol. The van der Waals surface area contributed by atoms with E-state index in [4.69, 9.17) is 25.4 Å². The molecule has 0 aliphatic carbocycles. The summed E-state index contributed by atoms with van der Waals surface area (Å²) in [4.78, 5) is 20.5. The van der Waals surface area contributed by atoms with Crippen LogP contribution in [0.25, 0.3) is 10.7 Å². The van der Waals surface area contributed by atoms with Crippen LogP contribution in [0.1, 0.15) is 53.8 Å². The number of nitrogens with one attached hydrogen (secondary N) is 1. The number of thiophene rings is 1. The number of aromatic nitrogens is 3. The molecule has 3 N–H and O–H groups in total. The fraction of sp³-hybridized carbons (Fsp3) is 0.548. The van der Waals surface area contributed by atoms with Crippen molar-refractivity contribution in [3.63, 3.8) is 0 Å². The van der Waals surface area contributed by atoms with E-state index >= 15 is 0 Å². The number of thioether (sulfide) groups is 1. The molecule has 45 heavy (non-hydrogen) atoms. The second-order valence-corrected chi connectivity index (χ2v) is 18.8. The third kappa shape index (κ3) is 5.23. The van der Waals surface area contributed by atoms with Gasteiger partial charge in [-0.1, -0.05) is 12.1 Å². The van der Waals surface area contributed by atoms with Crippen molar-refractivity contribution in [2.24, 2.45) is 0 Å². The Morgan fingerprint density at radius 3 is 2.82 bits per heavy atom. The molecule has 3 aromatic rings. The van der Waals surface area contributed by atoms with Crippen molar-refractivity contribution in [2.45, 2.75) is 54.4 Å². The van der Waals surface area contributed by atoms with E-state index in [-0.39, 0.29) is 28.9 Å². The maximum atomic E-state index is 14.5. The number of nitrogen functional groups attached to an aromatic ring is 1. The van der Waals surface area contributed by atoms with Crippen LogP contribution in [-0.2, 0) is 15.1 Å². The van der Waals surface area contributed by atoms with E-state index in [1.807, 2.05) is 42.8 Å². The molecule has 7 rings (SSSR count). The van der Waals surface area contributed by atoms with Crippen molar-refractivity contribution < 1.29 is 13.7 Å². The molecule has 14 heteroatoms. The van der Waals surface area contributed by atoms with Crippen LogP contribution in [0.4, 0.5) is 16.0 Å². The lowest BCUT2D eigenvalue weighted by Crippen LogP contribution is -2.53. The number of alkyl halides is 1. The molecule has 1 spiro atoms. The lowest BCUT2D eigenvalue weighted by Gasteiger charge is -2.39. The number of ether oxygens (including phenoxy) is 1. The highest BCUT2D eigenvalue weighted by Gasteiger charge is 2.50. The first-order valence-corrected chi connectivity index (χ1v) is 19.7. The van der Waals surface area contributed by atoms with Gasteiger partial charge in [-0.15, -0.1) is 23.1 Å². The van der Waals surface area contributed by atoms with Crippen LogP contribution in [0.15, 0.2) is 18.2 Å². The summed E-state index contributed by atoms with van der Waals surface area (Å²) in [7, 11) is -0.582. The minimum absolute atomic E-state index is 0.0727. The maximum absolute atomic E-state index is 14.5. The van der Waals surface area contributed by atoms with E-state index in [2.05, 4.69) is 16.3 Å². The smallest absolute Gasteiger partial charge is 0.321 e. The average Bonchev–Trinajstić information content (AvgIpc) is 3.72. The Hall–Kier alpha value is -2.75. The fourth-order valence-corrected chi connectivity index (χ4v) is 11.0. The number of hydrogen-bond donors (Lipinski definition) is 2. The number of rotatable bonds is 8. The third-order valence-corrected chi connectivity index (χ3v) is 14.3. The predicted molar refractivity (Wildman–Crippen MR) is 179 cm³/mol. The monoisotopic (exact) mass is 668 g/mol. The highest BCUT2D eigenvalue weighted by molar-refractivity contribution is 8.00. The van der Waals surface area contributed by atoms with Gasteiger partial charge in [0.1, 0.15) is 26.0 Å². The average molecular weight is 669 g/mol. The molecule has 1 unspecified atom stereocenters.